The molecule has 1 heterocycles. The first-order chi connectivity index (χ1) is 15.4. The quantitative estimate of drug-likeness (QED) is 0.292. The lowest BCUT2D eigenvalue weighted by atomic mass is 9.99. The summed E-state index contributed by atoms with van der Waals surface area (Å²) in [7, 11) is 2.86. The Bertz CT molecular complexity index is 997. The molecule has 2 amide bonds. The summed E-state index contributed by atoms with van der Waals surface area (Å²) >= 11 is 0. The first-order valence-corrected chi connectivity index (χ1v) is 10.00. The van der Waals surface area contributed by atoms with E-state index in [1.165, 1.54) is 32.3 Å². The minimum absolute atomic E-state index is 0.0616. The van der Waals surface area contributed by atoms with E-state index in [-0.39, 0.29) is 35.6 Å². The number of carbonyl (C=O) groups excluding carboxylic acids is 3. The topological polar surface area (TPSA) is 107 Å². The summed E-state index contributed by atoms with van der Waals surface area (Å²) in [5.74, 6) is -0.183. The molecule has 0 aliphatic carbocycles. The van der Waals surface area contributed by atoms with Crippen LogP contribution in [0, 0.1) is 0 Å². The Morgan fingerprint density at radius 2 is 1.81 bits per heavy atom. The van der Waals surface area contributed by atoms with E-state index in [4.69, 9.17) is 14.2 Å². The summed E-state index contributed by atoms with van der Waals surface area (Å²) < 4.78 is 15.6. The van der Waals surface area contributed by atoms with Crippen molar-refractivity contribution in [1.29, 1.82) is 0 Å². The molecule has 2 aromatic rings. The summed E-state index contributed by atoms with van der Waals surface area (Å²) in [5, 5.41) is 3.95. The smallest absolute Gasteiger partial charge is 0.308 e. The molecule has 0 radical (unpaired) electrons. The number of hydrogen-bond donors (Lipinski definition) is 1. The van der Waals surface area contributed by atoms with Crippen LogP contribution in [-0.2, 0) is 14.4 Å². The van der Waals surface area contributed by atoms with E-state index < -0.39 is 11.9 Å². The van der Waals surface area contributed by atoms with E-state index in [0.717, 1.165) is 5.56 Å². The lowest BCUT2D eigenvalue weighted by Crippen LogP contribution is -2.36. The number of hydrogen-bond acceptors (Lipinski definition) is 7. The molecule has 2 aromatic carbocycles. The number of amides is 2. The van der Waals surface area contributed by atoms with Gasteiger partial charge in [0, 0.05) is 31.4 Å². The molecule has 1 fully saturated rings. The molecule has 1 aliphatic rings. The average Bonchev–Trinajstić information content (AvgIpc) is 3.14. The molecule has 0 bridgehead atoms. The zero-order valence-electron chi connectivity index (χ0n) is 18.2. The van der Waals surface area contributed by atoms with E-state index in [0.29, 0.717) is 18.5 Å². The van der Waals surface area contributed by atoms with Crippen LogP contribution in [0.1, 0.15) is 30.4 Å². The second-order valence-electron chi connectivity index (χ2n) is 7.23. The summed E-state index contributed by atoms with van der Waals surface area (Å²) in [6, 6.07) is 13.0. The van der Waals surface area contributed by atoms with Crippen LogP contribution >= 0.6 is 0 Å². The largest absolute Gasteiger partial charge is 0.493 e. The van der Waals surface area contributed by atoms with Gasteiger partial charge in [0.05, 0.1) is 20.4 Å². The minimum atomic E-state index is -0.513. The maximum atomic E-state index is 12.3. The van der Waals surface area contributed by atoms with Crippen LogP contribution in [0.15, 0.2) is 47.6 Å². The second-order valence-corrected chi connectivity index (χ2v) is 7.23. The van der Waals surface area contributed by atoms with E-state index in [1.54, 1.807) is 12.1 Å². The molecule has 3 rings (SSSR count). The van der Waals surface area contributed by atoms with Crippen LogP contribution in [0.2, 0.25) is 0 Å². The molecule has 0 aromatic heterocycles. The third kappa shape index (κ3) is 5.63. The van der Waals surface area contributed by atoms with Crippen LogP contribution in [0.4, 0.5) is 0 Å². The normalized spacial score (nSPS) is 15.7. The number of hydrazone groups is 1. The lowest BCUT2D eigenvalue weighted by molar-refractivity contribution is -0.133. The monoisotopic (exact) mass is 439 g/mol. The lowest BCUT2D eigenvalue weighted by Gasteiger charge is -2.15. The first kappa shape index (κ1) is 22.8. The highest BCUT2D eigenvalue weighted by Gasteiger charge is 2.31. The third-order valence-corrected chi connectivity index (χ3v) is 4.95. The van der Waals surface area contributed by atoms with Crippen molar-refractivity contribution >= 4 is 24.0 Å². The van der Waals surface area contributed by atoms with Crippen LogP contribution in [0.5, 0.6) is 17.2 Å². The van der Waals surface area contributed by atoms with Gasteiger partial charge in [0.15, 0.2) is 11.5 Å². The molecule has 0 unspecified atom stereocenters. The van der Waals surface area contributed by atoms with Crippen LogP contribution in [0.3, 0.4) is 0 Å². The van der Waals surface area contributed by atoms with E-state index in [1.807, 2.05) is 30.3 Å². The maximum absolute atomic E-state index is 12.3. The van der Waals surface area contributed by atoms with Crippen LogP contribution in [0.25, 0.3) is 0 Å². The Kier molecular flexibility index (Phi) is 7.43. The predicted molar refractivity (Wildman–Crippen MR) is 117 cm³/mol. The fourth-order valence-corrected chi connectivity index (χ4v) is 3.48. The third-order valence-electron chi connectivity index (χ3n) is 4.95. The fraction of sp³-hybridized carbons (Fsp3) is 0.304. The molecular formula is C23H25N3O6. The molecule has 32 heavy (non-hydrogen) atoms. The number of nitrogens with one attached hydrogen (secondary N) is 1. The molecule has 1 N–H and O–H groups in total. The summed E-state index contributed by atoms with van der Waals surface area (Å²) in [6.07, 6.45) is 1.79. The molecule has 9 nitrogen and oxygen atoms in total. The van der Waals surface area contributed by atoms with Gasteiger partial charge in [-0.1, -0.05) is 30.3 Å². The molecule has 1 atom stereocenters. The van der Waals surface area contributed by atoms with Crippen molar-refractivity contribution < 1.29 is 28.6 Å². The summed E-state index contributed by atoms with van der Waals surface area (Å²) in [6.45, 7) is 1.69. The zero-order chi connectivity index (χ0) is 23.1. The Morgan fingerprint density at radius 3 is 2.41 bits per heavy atom. The Morgan fingerprint density at radius 1 is 1.16 bits per heavy atom. The number of benzene rings is 2. The van der Waals surface area contributed by atoms with Crippen molar-refractivity contribution in [3.63, 3.8) is 0 Å². The van der Waals surface area contributed by atoms with Crippen molar-refractivity contribution in [1.82, 2.24) is 10.3 Å². The van der Waals surface area contributed by atoms with Crippen LogP contribution < -0.4 is 19.6 Å². The van der Waals surface area contributed by atoms with Gasteiger partial charge in [-0.15, -0.1) is 0 Å². The van der Waals surface area contributed by atoms with Crippen molar-refractivity contribution in [2.24, 2.45) is 5.10 Å². The molecule has 1 aliphatic heterocycles. The molecule has 1 saturated heterocycles. The maximum Gasteiger partial charge on any atom is 0.308 e. The first-order valence-electron chi connectivity index (χ1n) is 10.00. The number of esters is 1. The van der Waals surface area contributed by atoms with E-state index >= 15 is 0 Å². The number of ether oxygens (including phenoxy) is 3. The second kappa shape index (κ2) is 10.4. The van der Waals surface area contributed by atoms with Crippen molar-refractivity contribution in [2.75, 3.05) is 27.3 Å². The Labute approximate surface area is 185 Å². The molecule has 0 saturated carbocycles. The van der Waals surface area contributed by atoms with E-state index in [9.17, 15) is 14.4 Å². The molecular weight excluding hydrogens is 414 g/mol. The van der Waals surface area contributed by atoms with Gasteiger partial charge < -0.3 is 19.1 Å². The predicted octanol–water partition coefficient (Wildman–Crippen LogP) is 2.10. The molecule has 0 spiro atoms. The van der Waals surface area contributed by atoms with Gasteiger partial charge in [-0.25, -0.2) is 5.43 Å². The summed E-state index contributed by atoms with van der Waals surface area (Å²) in [4.78, 5) is 37.4. The van der Waals surface area contributed by atoms with Crippen molar-refractivity contribution in [3.05, 3.63) is 53.6 Å². The molecule has 9 heteroatoms. The highest BCUT2D eigenvalue weighted by molar-refractivity contribution is 5.88. The minimum Gasteiger partial charge on any atom is -0.493 e. The van der Waals surface area contributed by atoms with Gasteiger partial charge in [0.2, 0.25) is 11.7 Å². The van der Waals surface area contributed by atoms with Crippen molar-refractivity contribution in [3.8, 4) is 17.2 Å². The van der Waals surface area contributed by atoms with Gasteiger partial charge in [-0.05, 0) is 17.7 Å². The fourth-order valence-electron chi connectivity index (χ4n) is 3.48. The zero-order valence-corrected chi connectivity index (χ0v) is 18.2. The average molecular weight is 439 g/mol. The van der Waals surface area contributed by atoms with Gasteiger partial charge in [0.25, 0.3) is 5.91 Å². The highest BCUT2D eigenvalue weighted by atomic mass is 16.6. The molecule has 168 valence electrons. The highest BCUT2D eigenvalue weighted by Crippen LogP contribution is 2.38. The van der Waals surface area contributed by atoms with Gasteiger partial charge >= 0.3 is 5.97 Å². The summed E-state index contributed by atoms with van der Waals surface area (Å²) in [5.41, 5.74) is 4.06. The van der Waals surface area contributed by atoms with Gasteiger partial charge in [-0.2, -0.15) is 5.10 Å². The van der Waals surface area contributed by atoms with Gasteiger partial charge in [-0.3, -0.25) is 14.4 Å². The standard InChI is InChI=1S/C23H25N3O6/c1-15(27)32-23-19(30-2)9-16(10-20(23)31-3)12-24-25-21(28)14-26-13-18(11-22(26)29)17-7-5-4-6-8-17/h4-10,12,18H,11,13-14H2,1-3H3,(H,25,28)/b24-12-/t18-/m1/s1. The number of carbonyl (C=O) groups is 3. The number of methoxy groups -OCH3 is 2. The SMILES string of the molecule is COc1cc(/C=N\NC(=O)CN2C[C@H](c3ccccc3)CC2=O)cc(OC)c1OC(C)=O. The van der Waals surface area contributed by atoms with Crippen molar-refractivity contribution in [2.45, 2.75) is 19.3 Å². The number of likely N-dealkylation sites (tertiary alicyclic amines) is 1. The van der Waals surface area contributed by atoms with E-state index in [2.05, 4.69) is 10.5 Å². The number of rotatable bonds is 8. The Balaban J connectivity index is 1.60. The van der Waals surface area contributed by atoms with Crippen LogP contribution in [-0.4, -0.2) is 56.2 Å². The van der Waals surface area contributed by atoms with Gasteiger partial charge in [0.1, 0.15) is 6.54 Å². The Hall–Kier alpha value is -3.88. The number of nitrogens with zero attached hydrogens (tertiary/aromatic N) is 2.